The summed E-state index contributed by atoms with van der Waals surface area (Å²) in [4.78, 5) is 31.9. The summed E-state index contributed by atoms with van der Waals surface area (Å²) in [7, 11) is 1.76. The zero-order chi connectivity index (χ0) is 21.3. The number of hydrogen-bond donors (Lipinski definition) is 2. The summed E-state index contributed by atoms with van der Waals surface area (Å²) in [5.74, 6) is 0.987. The van der Waals surface area contributed by atoms with E-state index in [0.717, 1.165) is 37.3 Å². The third-order valence-corrected chi connectivity index (χ3v) is 5.68. The molecule has 0 radical (unpaired) electrons. The summed E-state index contributed by atoms with van der Waals surface area (Å²) < 4.78 is 5.08. The number of ether oxygens (including phenoxy) is 1. The van der Waals surface area contributed by atoms with E-state index < -0.39 is 0 Å². The van der Waals surface area contributed by atoms with E-state index in [2.05, 4.69) is 27.8 Å². The molecule has 0 aromatic heterocycles. The van der Waals surface area contributed by atoms with Crippen LogP contribution in [-0.4, -0.2) is 67.1 Å². The van der Waals surface area contributed by atoms with Gasteiger partial charge in [0.1, 0.15) is 0 Å². The number of rotatable bonds is 6. The average molecular weight is 416 g/mol. The Morgan fingerprint density at radius 3 is 2.57 bits per heavy atom. The van der Waals surface area contributed by atoms with Crippen LogP contribution in [0.1, 0.15) is 43.7 Å². The highest BCUT2D eigenvalue weighted by molar-refractivity contribution is 5.80. The second-order valence-corrected chi connectivity index (χ2v) is 7.72. The van der Waals surface area contributed by atoms with Gasteiger partial charge in [0, 0.05) is 52.2 Å². The van der Waals surface area contributed by atoms with Crippen LogP contribution in [0.2, 0.25) is 0 Å². The molecule has 3 rings (SSSR count). The van der Waals surface area contributed by atoms with Crippen molar-refractivity contribution in [2.24, 2.45) is 4.99 Å². The normalized spacial score (nSPS) is 17.9. The fourth-order valence-corrected chi connectivity index (χ4v) is 3.95. The molecular formula is C22H33N5O3. The fourth-order valence-electron chi connectivity index (χ4n) is 3.95. The van der Waals surface area contributed by atoms with E-state index in [1.54, 1.807) is 11.9 Å². The maximum absolute atomic E-state index is 12.0. The molecular weight excluding hydrogens is 382 g/mol. The molecule has 2 amide bonds. The molecule has 2 aliphatic rings. The maximum atomic E-state index is 12.0. The van der Waals surface area contributed by atoms with Crippen molar-refractivity contribution in [3.63, 3.8) is 0 Å². The van der Waals surface area contributed by atoms with Crippen LogP contribution in [0.4, 0.5) is 4.79 Å². The molecule has 2 N–H and O–H groups in total. The predicted molar refractivity (Wildman–Crippen MR) is 116 cm³/mol. The molecule has 2 saturated heterocycles. The summed E-state index contributed by atoms with van der Waals surface area (Å²) in [6.07, 6.45) is 3.09. The SMILES string of the molecule is CCOC(=O)N1CCC(NC(=NC)NCc2ccccc2CN2CCCC2=O)CC1. The molecule has 0 unspecified atom stereocenters. The molecule has 0 bridgehead atoms. The van der Waals surface area contributed by atoms with E-state index in [9.17, 15) is 9.59 Å². The van der Waals surface area contributed by atoms with Gasteiger partial charge in [-0.15, -0.1) is 0 Å². The highest BCUT2D eigenvalue weighted by Gasteiger charge is 2.24. The minimum atomic E-state index is -0.230. The van der Waals surface area contributed by atoms with E-state index in [-0.39, 0.29) is 18.0 Å². The van der Waals surface area contributed by atoms with Gasteiger partial charge in [-0.3, -0.25) is 9.79 Å². The molecule has 0 spiro atoms. The van der Waals surface area contributed by atoms with Crippen molar-refractivity contribution < 1.29 is 14.3 Å². The van der Waals surface area contributed by atoms with Crippen molar-refractivity contribution in [2.75, 3.05) is 33.3 Å². The molecule has 8 nitrogen and oxygen atoms in total. The van der Waals surface area contributed by atoms with Crippen molar-refractivity contribution >= 4 is 18.0 Å². The smallest absolute Gasteiger partial charge is 0.409 e. The number of nitrogens with one attached hydrogen (secondary N) is 2. The first kappa shape index (κ1) is 21.9. The Balaban J connectivity index is 1.49. The largest absolute Gasteiger partial charge is 0.450 e. The molecule has 1 aromatic carbocycles. The lowest BCUT2D eigenvalue weighted by Crippen LogP contribution is -2.49. The van der Waals surface area contributed by atoms with Crippen molar-refractivity contribution in [3.05, 3.63) is 35.4 Å². The van der Waals surface area contributed by atoms with Gasteiger partial charge in [-0.05, 0) is 37.3 Å². The van der Waals surface area contributed by atoms with Crippen LogP contribution in [0, 0.1) is 0 Å². The van der Waals surface area contributed by atoms with E-state index in [0.29, 0.717) is 39.2 Å². The number of carbonyl (C=O) groups excluding carboxylic acids is 2. The number of hydrogen-bond acceptors (Lipinski definition) is 4. The first-order valence-corrected chi connectivity index (χ1v) is 10.8. The van der Waals surface area contributed by atoms with Crippen molar-refractivity contribution in [2.45, 2.75) is 51.7 Å². The minimum Gasteiger partial charge on any atom is -0.450 e. The minimum absolute atomic E-state index is 0.230. The summed E-state index contributed by atoms with van der Waals surface area (Å²) in [6, 6.07) is 8.48. The number of carbonyl (C=O) groups is 2. The van der Waals surface area contributed by atoms with E-state index in [1.165, 1.54) is 5.56 Å². The third kappa shape index (κ3) is 5.87. The Bertz CT molecular complexity index is 759. The van der Waals surface area contributed by atoms with Gasteiger partial charge in [0.2, 0.25) is 5.91 Å². The molecule has 0 saturated carbocycles. The lowest BCUT2D eigenvalue weighted by atomic mass is 10.1. The quantitative estimate of drug-likeness (QED) is 0.549. The number of likely N-dealkylation sites (tertiary alicyclic amines) is 2. The van der Waals surface area contributed by atoms with Crippen LogP contribution in [0.25, 0.3) is 0 Å². The second-order valence-electron chi connectivity index (χ2n) is 7.72. The Morgan fingerprint density at radius 1 is 1.20 bits per heavy atom. The van der Waals surface area contributed by atoms with E-state index >= 15 is 0 Å². The maximum Gasteiger partial charge on any atom is 0.409 e. The van der Waals surface area contributed by atoms with Gasteiger partial charge in [-0.2, -0.15) is 0 Å². The molecule has 30 heavy (non-hydrogen) atoms. The van der Waals surface area contributed by atoms with E-state index in [1.807, 2.05) is 24.0 Å². The Morgan fingerprint density at radius 2 is 1.93 bits per heavy atom. The summed E-state index contributed by atoms with van der Waals surface area (Å²) >= 11 is 0. The van der Waals surface area contributed by atoms with Gasteiger partial charge >= 0.3 is 6.09 Å². The van der Waals surface area contributed by atoms with Gasteiger partial charge in [-0.25, -0.2) is 4.79 Å². The number of nitrogens with zero attached hydrogens (tertiary/aromatic N) is 3. The summed E-state index contributed by atoms with van der Waals surface area (Å²) in [6.45, 7) is 5.73. The van der Waals surface area contributed by atoms with Crippen LogP contribution in [-0.2, 0) is 22.6 Å². The molecule has 1 aromatic rings. The summed E-state index contributed by atoms with van der Waals surface area (Å²) in [5, 5.41) is 6.86. The van der Waals surface area contributed by atoms with Gasteiger partial charge < -0.3 is 25.2 Å². The highest BCUT2D eigenvalue weighted by atomic mass is 16.6. The third-order valence-electron chi connectivity index (χ3n) is 5.68. The number of piperidine rings is 1. The van der Waals surface area contributed by atoms with Crippen molar-refractivity contribution in [1.82, 2.24) is 20.4 Å². The van der Waals surface area contributed by atoms with Crippen LogP contribution >= 0.6 is 0 Å². The van der Waals surface area contributed by atoms with Crippen LogP contribution in [0.15, 0.2) is 29.3 Å². The van der Waals surface area contributed by atoms with Gasteiger partial charge in [0.15, 0.2) is 5.96 Å². The fraction of sp³-hybridized carbons (Fsp3) is 0.591. The Hall–Kier alpha value is -2.77. The lowest BCUT2D eigenvalue weighted by Gasteiger charge is -2.32. The van der Waals surface area contributed by atoms with Crippen molar-refractivity contribution in [3.8, 4) is 0 Å². The number of benzene rings is 1. The Kier molecular flexibility index (Phi) is 7.93. The monoisotopic (exact) mass is 415 g/mol. The molecule has 0 aliphatic carbocycles. The van der Waals surface area contributed by atoms with Crippen molar-refractivity contribution in [1.29, 1.82) is 0 Å². The zero-order valence-corrected chi connectivity index (χ0v) is 18.0. The molecule has 164 valence electrons. The summed E-state index contributed by atoms with van der Waals surface area (Å²) in [5.41, 5.74) is 2.33. The Labute approximate surface area is 178 Å². The highest BCUT2D eigenvalue weighted by Crippen LogP contribution is 2.17. The van der Waals surface area contributed by atoms with Crippen LogP contribution in [0.5, 0.6) is 0 Å². The number of aliphatic imine (C=N–C) groups is 1. The average Bonchev–Trinajstić information content (AvgIpc) is 3.17. The van der Waals surface area contributed by atoms with Gasteiger partial charge in [0.25, 0.3) is 0 Å². The number of amides is 2. The molecule has 2 aliphatic heterocycles. The predicted octanol–water partition coefficient (Wildman–Crippen LogP) is 2.09. The molecule has 2 fully saturated rings. The zero-order valence-electron chi connectivity index (χ0n) is 18.0. The molecule has 2 heterocycles. The second kappa shape index (κ2) is 10.8. The first-order chi connectivity index (χ1) is 14.6. The van der Waals surface area contributed by atoms with Crippen LogP contribution in [0.3, 0.4) is 0 Å². The first-order valence-electron chi connectivity index (χ1n) is 10.8. The van der Waals surface area contributed by atoms with E-state index in [4.69, 9.17) is 4.74 Å². The van der Waals surface area contributed by atoms with Gasteiger partial charge in [0.05, 0.1) is 6.61 Å². The van der Waals surface area contributed by atoms with Crippen LogP contribution < -0.4 is 10.6 Å². The number of guanidine groups is 1. The molecule has 0 atom stereocenters. The topological polar surface area (TPSA) is 86.3 Å². The lowest BCUT2D eigenvalue weighted by molar-refractivity contribution is -0.128. The van der Waals surface area contributed by atoms with Gasteiger partial charge in [-0.1, -0.05) is 24.3 Å². The molecule has 8 heteroatoms. The standard InChI is InChI=1S/C22H33N5O3/c1-3-30-22(29)26-13-10-19(11-14-26)25-21(23-2)24-15-17-7-4-5-8-18(17)16-27-12-6-9-20(27)28/h4-5,7-8,19H,3,6,9-16H2,1-2H3,(H2,23,24,25).